The van der Waals surface area contributed by atoms with E-state index in [1.165, 1.54) is 0 Å². The predicted octanol–water partition coefficient (Wildman–Crippen LogP) is 3.09. The van der Waals surface area contributed by atoms with Gasteiger partial charge in [-0.3, -0.25) is 9.59 Å². The Morgan fingerprint density at radius 3 is 2.23 bits per heavy atom. The number of benzene rings is 1. The number of Topliss-reactive ketones (excluding diaryl/α,β-unsaturated/α-hetero) is 1. The van der Waals surface area contributed by atoms with Crippen LogP contribution in [-0.4, -0.2) is 25.8 Å². The lowest BCUT2D eigenvalue weighted by atomic mass is 9.67. The van der Waals surface area contributed by atoms with E-state index >= 15 is 0 Å². The molecule has 0 aromatic heterocycles. The number of anilines is 2. The fourth-order valence-corrected chi connectivity index (χ4v) is 3.78. The van der Waals surface area contributed by atoms with E-state index in [0.717, 1.165) is 43.5 Å². The zero-order valence-electron chi connectivity index (χ0n) is 13.3. The molecule has 118 valence electrons. The summed E-state index contributed by atoms with van der Waals surface area (Å²) in [6.45, 7) is 0. The Morgan fingerprint density at radius 1 is 1.09 bits per heavy atom. The van der Waals surface area contributed by atoms with Crippen LogP contribution in [0.25, 0.3) is 0 Å². The lowest BCUT2D eigenvalue weighted by Crippen LogP contribution is -2.40. The van der Waals surface area contributed by atoms with Crippen LogP contribution in [0.15, 0.2) is 24.3 Å². The van der Waals surface area contributed by atoms with E-state index in [2.05, 4.69) is 5.32 Å². The van der Waals surface area contributed by atoms with Crippen LogP contribution in [0.4, 0.5) is 11.4 Å². The van der Waals surface area contributed by atoms with Crippen molar-refractivity contribution in [3.05, 3.63) is 24.3 Å². The van der Waals surface area contributed by atoms with Crippen LogP contribution in [0.3, 0.4) is 0 Å². The molecule has 0 aliphatic heterocycles. The number of carbonyl (C=O) groups is 2. The molecule has 0 heterocycles. The Hall–Kier alpha value is -1.84. The van der Waals surface area contributed by atoms with Gasteiger partial charge in [-0.15, -0.1) is 0 Å². The molecule has 2 aliphatic rings. The normalized spacial score (nSPS) is 27.4. The number of nitrogens with zero attached hydrogens (tertiary/aromatic N) is 1. The number of carbonyl (C=O) groups excluding carboxylic acids is 2. The van der Waals surface area contributed by atoms with E-state index in [-0.39, 0.29) is 23.7 Å². The minimum absolute atomic E-state index is 0.0125. The van der Waals surface area contributed by atoms with Crippen LogP contribution in [0.5, 0.6) is 0 Å². The third kappa shape index (κ3) is 3.01. The van der Waals surface area contributed by atoms with E-state index in [9.17, 15) is 9.59 Å². The molecule has 4 heteroatoms. The third-order valence-corrected chi connectivity index (χ3v) is 5.07. The molecule has 0 saturated heterocycles. The molecule has 1 N–H and O–H groups in total. The van der Waals surface area contributed by atoms with Gasteiger partial charge in [0, 0.05) is 43.2 Å². The van der Waals surface area contributed by atoms with Gasteiger partial charge in [-0.05, 0) is 49.9 Å². The first-order valence-corrected chi connectivity index (χ1v) is 8.16. The standard InChI is InChI=1S/C18H24N2O2/c1-20(2)16-8-6-15(7-9-16)19-18(22)14-10-12-4-3-5-13(11-14)17(12)21/h6-9,12-14H,3-5,10-11H2,1-2H3,(H,19,22). The highest BCUT2D eigenvalue weighted by Gasteiger charge is 2.41. The molecule has 4 nitrogen and oxygen atoms in total. The van der Waals surface area contributed by atoms with Gasteiger partial charge < -0.3 is 10.2 Å². The second-order valence-electron chi connectivity index (χ2n) is 6.83. The highest BCUT2D eigenvalue weighted by atomic mass is 16.2. The molecule has 2 atom stereocenters. The summed E-state index contributed by atoms with van der Waals surface area (Å²) < 4.78 is 0. The topological polar surface area (TPSA) is 49.4 Å². The van der Waals surface area contributed by atoms with Crippen LogP contribution in [-0.2, 0) is 9.59 Å². The summed E-state index contributed by atoms with van der Waals surface area (Å²) in [4.78, 5) is 26.6. The van der Waals surface area contributed by atoms with Gasteiger partial charge in [0.05, 0.1) is 0 Å². The molecular weight excluding hydrogens is 276 g/mol. The van der Waals surface area contributed by atoms with Crippen LogP contribution in [0.2, 0.25) is 0 Å². The largest absolute Gasteiger partial charge is 0.378 e. The number of ketones is 1. The van der Waals surface area contributed by atoms with Crippen LogP contribution in [0, 0.1) is 17.8 Å². The van der Waals surface area contributed by atoms with Crippen molar-refractivity contribution in [1.29, 1.82) is 0 Å². The van der Waals surface area contributed by atoms with Gasteiger partial charge in [-0.2, -0.15) is 0 Å². The van der Waals surface area contributed by atoms with E-state index in [0.29, 0.717) is 5.78 Å². The highest BCUT2D eigenvalue weighted by Crippen LogP contribution is 2.40. The van der Waals surface area contributed by atoms with Gasteiger partial charge in [0.25, 0.3) is 0 Å². The predicted molar refractivity (Wildman–Crippen MR) is 88.0 cm³/mol. The summed E-state index contributed by atoms with van der Waals surface area (Å²) in [5.41, 5.74) is 1.94. The van der Waals surface area contributed by atoms with Gasteiger partial charge in [-0.1, -0.05) is 6.42 Å². The Balaban J connectivity index is 1.63. The van der Waals surface area contributed by atoms with Crippen molar-refractivity contribution in [2.75, 3.05) is 24.3 Å². The number of nitrogens with one attached hydrogen (secondary N) is 1. The summed E-state index contributed by atoms with van der Waals surface area (Å²) in [6.07, 6.45) is 4.54. The minimum Gasteiger partial charge on any atom is -0.378 e. The first-order valence-electron chi connectivity index (χ1n) is 8.16. The summed E-state index contributed by atoms with van der Waals surface area (Å²) in [5.74, 6) is 0.716. The van der Waals surface area contributed by atoms with Crippen molar-refractivity contribution >= 4 is 23.1 Å². The fraction of sp³-hybridized carbons (Fsp3) is 0.556. The second-order valence-corrected chi connectivity index (χ2v) is 6.83. The minimum atomic E-state index is -0.0125. The molecule has 1 amide bonds. The first-order chi connectivity index (χ1) is 10.5. The summed E-state index contributed by atoms with van der Waals surface area (Å²) in [7, 11) is 3.98. The van der Waals surface area contributed by atoms with Crippen LogP contribution < -0.4 is 10.2 Å². The summed E-state index contributed by atoms with van der Waals surface area (Å²) >= 11 is 0. The molecule has 3 rings (SSSR count). The summed E-state index contributed by atoms with van der Waals surface area (Å²) in [6, 6.07) is 7.85. The lowest BCUT2D eigenvalue weighted by Gasteiger charge is -2.36. The fourth-order valence-electron chi connectivity index (χ4n) is 3.78. The Labute approximate surface area is 131 Å². The monoisotopic (exact) mass is 300 g/mol. The van der Waals surface area contributed by atoms with Crippen molar-refractivity contribution in [2.24, 2.45) is 17.8 Å². The van der Waals surface area contributed by atoms with E-state index in [1.54, 1.807) is 0 Å². The van der Waals surface area contributed by atoms with Crippen molar-refractivity contribution < 1.29 is 9.59 Å². The molecule has 2 unspecified atom stereocenters. The average Bonchev–Trinajstić information content (AvgIpc) is 2.47. The van der Waals surface area contributed by atoms with Crippen molar-refractivity contribution in [3.63, 3.8) is 0 Å². The second kappa shape index (κ2) is 6.11. The van der Waals surface area contributed by atoms with Crippen molar-refractivity contribution in [2.45, 2.75) is 32.1 Å². The van der Waals surface area contributed by atoms with E-state index < -0.39 is 0 Å². The number of hydrogen-bond acceptors (Lipinski definition) is 3. The van der Waals surface area contributed by atoms with Gasteiger partial charge in [0.2, 0.25) is 5.91 Å². The van der Waals surface area contributed by atoms with Crippen molar-refractivity contribution in [1.82, 2.24) is 0 Å². The third-order valence-electron chi connectivity index (χ3n) is 5.07. The van der Waals surface area contributed by atoms with Crippen LogP contribution >= 0.6 is 0 Å². The molecule has 0 spiro atoms. The first kappa shape index (κ1) is 15.1. The maximum Gasteiger partial charge on any atom is 0.227 e. The average molecular weight is 300 g/mol. The molecule has 1 aromatic carbocycles. The Bertz CT molecular complexity index is 549. The molecule has 2 saturated carbocycles. The van der Waals surface area contributed by atoms with Crippen molar-refractivity contribution in [3.8, 4) is 0 Å². The van der Waals surface area contributed by atoms with Crippen LogP contribution in [0.1, 0.15) is 32.1 Å². The molecule has 2 fully saturated rings. The SMILES string of the molecule is CN(C)c1ccc(NC(=O)C2CC3CCCC(C2)C3=O)cc1. The highest BCUT2D eigenvalue weighted by molar-refractivity contribution is 5.95. The maximum atomic E-state index is 12.5. The van der Waals surface area contributed by atoms with Gasteiger partial charge in [0.1, 0.15) is 5.78 Å². The maximum absolute atomic E-state index is 12.5. The summed E-state index contributed by atoms with van der Waals surface area (Å²) in [5, 5.41) is 3.01. The number of fused-ring (bicyclic) bond motifs is 2. The Morgan fingerprint density at radius 2 is 1.68 bits per heavy atom. The van der Waals surface area contributed by atoms with Gasteiger partial charge in [0.15, 0.2) is 0 Å². The van der Waals surface area contributed by atoms with E-state index in [4.69, 9.17) is 0 Å². The lowest BCUT2D eigenvalue weighted by molar-refractivity contribution is -0.136. The number of rotatable bonds is 3. The smallest absolute Gasteiger partial charge is 0.227 e. The molecule has 1 aromatic rings. The zero-order chi connectivity index (χ0) is 15.7. The van der Waals surface area contributed by atoms with E-state index in [1.807, 2.05) is 43.3 Å². The molecule has 2 bridgehead atoms. The zero-order valence-corrected chi connectivity index (χ0v) is 13.3. The van der Waals surface area contributed by atoms with Gasteiger partial charge >= 0.3 is 0 Å². The molecule has 2 aliphatic carbocycles. The number of hydrogen-bond donors (Lipinski definition) is 1. The quantitative estimate of drug-likeness (QED) is 0.933. The molecular formula is C18H24N2O2. The molecule has 0 radical (unpaired) electrons. The van der Waals surface area contributed by atoms with Gasteiger partial charge in [-0.25, -0.2) is 0 Å². The Kier molecular flexibility index (Phi) is 4.19. The number of amides is 1. The molecule has 22 heavy (non-hydrogen) atoms.